The molecular formula is C15H9Cl3N2O2. The van der Waals surface area contributed by atoms with Crippen molar-refractivity contribution in [3.8, 4) is 17.2 Å². The molecule has 112 valence electrons. The summed E-state index contributed by atoms with van der Waals surface area (Å²) < 4.78 is 11.1. The molecule has 0 saturated carbocycles. The van der Waals surface area contributed by atoms with Crippen LogP contribution in [0.1, 0.15) is 5.89 Å². The van der Waals surface area contributed by atoms with Gasteiger partial charge in [-0.25, -0.2) is 0 Å². The van der Waals surface area contributed by atoms with E-state index in [1.165, 1.54) is 0 Å². The summed E-state index contributed by atoms with van der Waals surface area (Å²) in [6.45, 7) is 0.115. The summed E-state index contributed by atoms with van der Waals surface area (Å²) >= 11 is 17.7. The molecule has 0 radical (unpaired) electrons. The van der Waals surface area contributed by atoms with Crippen LogP contribution in [-0.2, 0) is 6.61 Å². The van der Waals surface area contributed by atoms with Gasteiger partial charge in [-0.3, -0.25) is 0 Å². The molecule has 0 N–H and O–H groups in total. The lowest BCUT2D eigenvalue weighted by Gasteiger charge is -2.04. The molecule has 0 spiro atoms. The van der Waals surface area contributed by atoms with Crippen LogP contribution in [0.25, 0.3) is 11.5 Å². The maximum absolute atomic E-state index is 5.93. The fourth-order valence-electron chi connectivity index (χ4n) is 1.81. The Hall–Kier alpha value is -1.75. The van der Waals surface area contributed by atoms with Crippen LogP contribution in [0.2, 0.25) is 15.1 Å². The lowest BCUT2D eigenvalue weighted by molar-refractivity contribution is 0.264. The summed E-state index contributed by atoms with van der Waals surface area (Å²) in [6.07, 6.45) is 0. The Kier molecular flexibility index (Phi) is 4.52. The molecule has 0 aliphatic carbocycles. The summed E-state index contributed by atoms with van der Waals surface area (Å²) in [5, 5.41) is 9.48. The molecule has 4 nitrogen and oxygen atoms in total. The van der Waals surface area contributed by atoms with Gasteiger partial charge >= 0.3 is 0 Å². The smallest absolute Gasteiger partial charge is 0.254 e. The van der Waals surface area contributed by atoms with E-state index in [0.717, 1.165) is 5.56 Å². The minimum Gasteiger partial charge on any atom is -0.484 e. The summed E-state index contributed by atoms with van der Waals surface area (Å²) in [5.74, 6) is 1.25. The van der Waals surface area contributed by atoms with E-state index in [9.17, 15) is 0 Å². The van der Waals surface area contributed by atoms with Crippen molar-refractivity contribution in [2.75, 3.05) is 0 Å². The number of hydrogen-bond donors (Lipinski definition) is 0. The molecule has 0 amide bonds. The highest BCUT2D eigenvalue weighted by Gasteiger charge is 2.10. The Labute approximate surface area is 141 Å². The number of aromatic nitrogens is 2. The van der Waals surface area contributed by atoms with Gasteiger partial charge in [-0.2, -0.15) is 0 Å². The molecule has 1 aromatic heterocycles. The van der Waals surface area contributed by atoms with Crippen LogP contribution in [0.15, 0.2) is 46.9 Å². The van der Waals surface area contributed by atoms with Gasteiger partial charge in [0.1, 0.15) is 5.75 Å². The predicted molar refractivity (Wildman–Crippen MR) is 85.5 cm³/mol. The van der Waals surface area contributed by atoms with E-state index in [-0.39, 0.29) is 6.61 Å². The van der Waals surface area contributed by atoms with Crippen LogP contribution in [-0.4, -0.2) is 10.2 Å². The molecular weight excluding hydrogens is 347 g/mol. The molecule has 0 fully saturated rings. The Morgan fingerprint density at radius 3 is 2.41 bits per heavy atom. The minimum atomic E-state index is 0.115. The van der Waals surface area contributed by atoms with E-state index in [1.807, 2.05) is 12.1 Å². The monoisotopic (exact) mass is 354 g/mol. The van der Waals surface area contributed by atoms with Crippen LogP contribution < -0.4 is 4.74 Å². The first-order valence-electron chi connectivity index (χ1n) is 6.27. The van der Waals surface area contributed by atoms with Crippen molar-refractivity contribution in [3.63, 3.8) is 0 Å². The third kappa shape index (κ3) is 3.71. The molecule has 22 heavy (non-hydrogen) atoms. The van der Waals surface area contributed by atoms with Gasteiger partial charge < -0.3 is 9.15 Å². The summed E-state index contributed by atoms with van der Waals surface area (Å²) in [6, 6.07) is 12.1. The van der Waals surface area contributed by atoms with E-state index >= 15 is 0 Å². The molecule has 3 rings (SSSR count). The van der Waals surface area contributed by atoms with Crippen LogP contribution in [0.5, 0.6) is 5.75 Å². The minimum absolute atomic E-state index is 0.115. The fourth-order valence-corrected chi connectivity index (χ4v) is 2.50. The highest BCUT2D eigenvalue weighted by molar-refractivity contribution is 6.34. The fraction of sp³-hybridized carbons (Fsp3) is 0.0667. The van der Waals surface area contributed by atoms with Gasteiger partial charge in [-0.1, -0.05) is 40.9 Å². The SMILES string of the molecule is Clc1cc(Cl)cc(OCc2nnc(-c3cccc(Cl)c3)o2)c1. The molecule has 3 aromatic rings. The zero-order valence-corrected chi connectivity index (χ0v) is 13.4. The van der Waals surface area contributed by atoms with E-state index in [4.69, 9.17) is 44.0 Å². The second kappa shape index (κ2) is 6.57. The second-order valence-electron chi connectivity index (χ2n) is 4.41. The van der Waals surface area contributed by atoms with Gasteiger partial charge in [0, 0.05) is 20.6 Å². The molecule has 0 bridgehead atoms. The number of nitrogens with zero attached hydrogens (tertiary/aromatic N) is 2. The normalized spacial score (nSPS) is 10.7. The van der Waals surface area contributed by atoms with E-state index in [2.05, 4.69) is 10.2 Å². The zero-order chi connectivity index (χ0) is 15.5. The van der Waals surface area contributed by atoms with Crippen molar-refractivity contribution < 1.29 is 9.15 Å². The number of rotatable bonds is 4. The first kappa shape index (κ1) is 15.2. The Morgan fingerprint density at radius 2 is 1.68 bits per heavy atom. The summed E-state index contributed by atoms with van der Waals surface area (Å²) in [4.78, 5) is 0. The highest BCUT2D eigenvalue weighted by atomic mass is 35.5. The van der Waals surface area contributed by atoms with Gasteiger partial charge in [0.15, 0.2) is 6.61 Å². The highest BCUT2D eigenvalue weighted by Crippen LogP contribution is 2.25. The second-order valence-corrected chi connectivity index (χ2v) is 5.71. The first-order chi connectivity index (χ1) is 10.6. The van der Waals surface area contributed by atoms with Gasteiger partial charge in [-0.15, -0.1) is 10.2 Å². The number of hydrogen-bond acceptors (Lipinski definition) is 4. The van der Waals surface area contributed by atoms with Gasteiger partial charge in [0.25, 0.3) is 5.89 Å². The van der Waals surface area contributed by atoms with Gasteiger partial charge in [0.2, 0.25) is 5.89 Å². The molecule has 2 aromatic carbocycles. The van der Waals surface area contributed by atoms with Crippen LogP contribution in [0.4, 0.5) is 0 Å². The molecule has 0 aliphatic rings. The zero-order valence-electron chi connectivity index (χ0n) is 11.1. The summed E-state index contributed by atoms with van der Waals surface area (Å²) in [7, 11) is 0. The molecule has 7 heteroatoms. The van der Waals surface area contributed by atoms with Gasteiger partial charge in [0.05, 0.1) is 0 Å². The topological polar surface area (TPSA) is 48.2 Å². The van der Waals surface area contributed by atoms with Crippen molar-refractivity contribution >= 4 is 34.8 Å². The third-order valence-electron chi connectivity index (χ3n) is 2.74. The summed E-state index contributed by atoms with van der Waals surface area (Å²) in [5.41, 5.74) is 0.747. The Balaban J connectivity index is 1.72. The van der Waals surface area contributed by atoms with Crippen LogP contribution >= 0.6 is 34.8 Å². The average Bonchev–Trinajstić information content (AvgIpc) is 2.93. The average molecular weight is 356 g/mol. The van der Waals surface area contributed by atoms with Crippen molar-refractivity contribution in [2.45, 2.75) is 6.61 Å². The van der Waals surface area contributed by atoms with Crippen LogP contribution in [0, 0.1) is 0 Å². The maximum atomic E-state index is 5.93. The lowest BCUT2D eigenvalue weighted by Crippen LogP contribution is -1.95. The predicted octanol–water partition coefficient (Wildman–Crippen LogP) is 5.28. The maximum Gasteiger partial charge on any atom is 0.254 e. The Morgan fingerprint density at radius 1 is 0.909 bits per heavy atom. The molecule has 0 unspecified atom stereocenters. The van der Waals surface area contributed by atoms with Crippen molar-refractivity contribution in [1.82, 2.24) is 10.2 Å². The largest absolute Gasteiger partial charge is 0.484 e. The van der Waals surface area contributed by atoms with Crippen molar-refractivity contribution in [3.05, 3.63) is 63.4 Å². The van der Waals surface area contributed by atoms with E-state index in [0.29, 0.717) is 32.6 Å². The number of ether oxygens (including phenoxy) is 1. The number of halogens is 3. The molecule has 0 aliphatic heterocycles. The third-order valence-corrected chi connectivity index (χ3v) is 3.41. The van der Waals surface area contributed by atoms with Crippen molar-refractivity contribution in [1.29, 1.82) is 0 Å². The van der Waals surface area contributed by atoms with E-state index in [1.54, 1.807) is 30.3 Å². The van der Waals surface area contributed by atoms with Crippen LogP contribution in [0.3, 0.4) is 0 Å². The molecule has 1 heterocycles. The first-order valence-corrected chi connectivity index (χ1v) is 7.41. The number of benzene rings is 2. The lowest BCUT2D eigenvalue weighted by atomic mass is 10.2. The van der Waals surface area contributed by atoms with E-state index < -0.39 is 0 Å². The quantitative estimate of drug-likeness (QED) is 0.639. The standard InChI is InChI=1S/C15H9Cl3N2O2/c16-10-3-1-2-9(4-10)15-20-19-14(22-15)8-21-13-6-11(17)5-12(18)7-13/h1-7H,8H2. The Bertz CT molecular complexity index is 785. The molecule has 0 atom stereocenters. The van der Waals surface area contributed by atoms with Crippen molar-refractivity contribution in [2.24, 2.45) is 0 Å². The molecule has 0 saturated heterocycles. The van der Waals surface area contributed by atoms with Gasteiger partial charge in [-0.05, 0) is 36.4 Å².